The lowest BCUT2D eigenvalue weighted by Crippen LogP contribution is -2.10. The fourth-order valence-corrected chi connectivity index (χ4v) is 8.81. The van der Waals surface area contributed by atoms with Gasteiger partial charge in [-0.3, -0.25) is 0 Å². The standard InChI is InChI=1S/C56H48N2/c1-55(2,3)43-25-29-53-49(35-43)47-33-41(37-15-9-7-10-16-37)23-27-51(47)57(53)45-21-13-19-39(31-45)40-20-14-22-46(32-40)58-52-28-24-42(38-17-11-8-12-18-38)34-48(52)50-36-44(56(4,5)6)26-30-54(50)58/h7-36H,1-6H3. The molecule has 10 aromatic rings. The van der Waals surface area contributed by atoms with Crippen molar-refractivity contribution in [1.82, 2.24) is 9.13 Å². The van der Waals surface area contributed by atoms with Crippen molar-refractivity contribution in [3.8, 4) is 44.8 Å². The van der Waals surface area contributed by atoms with Crippen LogP contribution in [0.5, 0.6) is 0 Å². The van der Waals surface area contributed by atoms with Gasteiger partial charge in [-0.2, -0.15) is 0 Å². The Balaban J connectivity index is 1.13. The summed E-state index contributed by atoms with van der Waals surface area (Å²) in [5.41, 5.74) is 17.2. The first-order valence-electron chi connectivity index (χ1n) is 20.5. The lowest BCUT2D eigenvalue weighted by atomic mass is 9.86. The molecule has 0 aliphatic carbocycles. The van der Waals surface area contributed by atoms with Crippen molar-refractivity contribution in [2.24, 2.45) is 0 Å². The van der Waals surface area contributed by atoms with Crippen molar-refractivity contribution in [2.75, 3.05) is 0 Å². The second kappa shape index (κ2) is 13.5. The molecule has 0 atom stereocenters. The Morgan fingerprint density at radius 3 is 0.983 bits per heavy atom. The van der Waals surface area contributed by atoms with Crippen LogP contribution >= 0.6 is 0 Å². The summed E-state index contributed by atoms with van der Waals surface area (Å²) in [6.07, 6.45) is 0. The summed E-state index contributed by atoms with van der Waals surface area (Å²) in [5.74, 6) is 0. The van der Waals surface area contributed by atoms with Gasteiger partial charge in [0, 0.05) is 32.9 Å². The van der Waals surface area contributed by atoms with Crippen molar-refractivity contribution in [3.63, 3.8) is 0 Å². The lowest BCUT2D eigenvalue weighted by Gasteiger charge is -2.19. The van der Waals surface area contributed by atoms with Gasteiger partial charge in [-0.25, -0.2) is 0 Å². The van der Waals surface area contributed by atoms with Gasteiger partial charge in [-0.15, -0.1) is 0 Å². The smallest absolute Gasteiger partial charge is 0.0541 e. The second-order valence-electron chi connectivity index (χ2n) is 17.9. The number of hydrogen-bond donors (Lipinski definition) is 0. The zero-order chi connectivity index (χ0) is 39.8. The Morgan fingerprint density at radius 2 is 0.603 bits per heavy atom. The summed E-state index contributed by atoms with van der Waals surface area (Å²) in [7, 11) is 0. The maximum atomic E-state index is 2.45. The molecule has 2 heterocycles. The molecule has 58 heavy (non-hydrogen) atoms. The quantitative estimate of drug-likeness (QED) is 0.166. The summed E-state index contributed by atoms with van der Waals surface area (Å²) in [4.78, 5) is 0. The minimum Gasteiger partial charge on any atom is -0.309 e. The Bertz CT molecular complexity index is 2950. The topological polar surface area (TPSA) is 9.86 Å². The first-order chi connectivity index (χ1) is 28.0. The van der Waals surface area contributed by atoms with E-state index in [0.717, 1.165) is 11.4 Å². The SMILES string of the molecule is CC(C)(C)c1ccc2c(c1)c1cc(-c3ccccc3)ccc1n2-c1cccc(-c2cccc(-n3c4ccc(-c5ccccc5)cc4c4cc(C(C)(C)C)ccc43)c2)c1. The van der Waals surface area contributed by atoms with Gasteiger partial charge >= 0.3 is 0 Å². The van der Waals surface area contributed by atoms with Crippen molar-refractivity contribution >= 4 is 43.6 Å². The fourth-order valence-electron chi connectivity index (χ4n) is 8.81. The van der Waals surface area contributed by atoms with E-state index < -0.39 is 0 Å². The van der Waals surface area contributed by atoms with Crippen LogP contribution in [-0.2, 0) is 10.8 Å². The average Bonchev–Trinajstić information content (AvgIpc) is 3.75. The minimum absolute atomic E-state index is 0.0417. The maximum Gasteiger partial charge on any atom is 0.0541 e. The summed E-state index contributed by atoms with van der Waals surface area (Å²) < 4.78 is 4.90. The van der Waals surface area contributed by atoms with E-state index >= 15 is 0 Å². The van der Waals surface area contributed by atoms with Gasteiger partial charge in [0.2, 0.25) is 0 Å². The monoisotopic (exact) mass is 748 g/mol. The molecule has 0 saturated carbocycles. The first-order valence-corrected chi connectivity index (χ1v) is 20.5. The molecule has 282 valence electrons. The van der Waals surface area contributed by atoms with Crippen LogP contribution in [0.4, 0.5) is 0 Å². The number of rotatable bonds is 5. The van der Waals surface area contributed by atoms with E-state index in [1.807, 2.05) is 0 Å². The molecule has 0 radical (unpaired) electrons. The van der Waals surface area contributed by atoms with Gasteiger partial charge in [0.05, 0.1) is 22.1 Å². The molecule has 2 heteroatoms. The third kappa shape index (κ3) is 6.12. The minimum atomic E-state index is 0.0417. The van der Waals surface area contributed by atoms with Gasteiger partial charge in [0.1, 0.15) is 0 Å². The Labute approximate surface area is 341 Å². The van der Waals surface area contributed by atoms with Gasteiger partial charge in [-0.1, -0.05) is 151 Å². The van der Waals surface area contributed by atoms with Crippen LogP contribution in [0.1, 0.15) is 52.7 Å². The summed E-state index contributed by atoms with van der Waals surface area (Å²) >= 11 is 0. The number of aromatic nitrogens is 2. The molecule has 2 nitrogen and oxygen atoms in total. The zero-order valence-corrected chi connectivity index (χ0v) is 34.2. The predicted molar refractivity (Wildman–Crippen MR) is 249 cm³/mol. The van der Waals surface area contributed by atoms with Crippen molar-refractivity contribution in [3.05, 3.63) is 193 Å². The third-order valence-corrected chi connectivity index (χ3v) is 12.0. The van der Waals surface area contributed by atoms with Crippen molar-refractivity contribution in [2.45, 2.75) is 52.4 Å². The molecule has 10 rings (SSSR count). The van der Waals surface area contributed by atoms with Crippen LogP contribution in [0, 0.1) is 0 Å². The molecule has 0 N–H and O–H groups in total. The predicted octanol–water partition coefficient (Wildman–Crippen LogP) is 15.5. The van der Waals surface area contributed by atoms with Crippen LogP contribution in [-0.4, -0.2) is 9.13 Å². The number of hydrogen-bond acceptors (Lipinski definition) is 0. The van der Waals surface area contributed by atoms with Crippen LogP contribution in [0.2, 0.25) is 0 Å². The summed E-state index contributed by atoms with van der Waals surface area (Å²) in [6.45, 7) is 13.8. The molecular weight excluding hydrogens is 701 g/mol. The maximum absolute atomic E-state index is 2.45. The molecule has 0 aliphatic rings. The zero-order valence-electron chi connectivity index (χ0n) is 34.2. The van der Waals surface area contributed by atoms with Crippen LogP contribution in [0.15, 0.2) is 182 Å². The summed E-state index contributed by atoms with van der Waals surface area (Å²) in [5, 5.41) is 5.10. The highest BCUT2D eigenvalue weighted by Crippen LogP contribution is 2.40. The molecule has 0 bridgehead atoms. The van der Waals surface area contributed by atoms with Crippen molar-refractivity contribution < 1.29 is 0 Å². The van der Waals surface area contributed by atoms with Crippen LogP contribution < -0.4 is 0 Å². The van der Waals surface area contributed by atoms with E-state index in [0.29, 0.717) is 0 Å². The normalized spacial score (nSPS) is 12.3. The Morgan fingerprint density at radius 1 is 0.276 bits per heavy atom. The van der Waals surface area contributed by atoms with Gasteiger partial charge < -0.3 is 9.13 Å². The molecule has 0 fully saturated rings. The molecule has 2 aromatic heterocycles. The van der Waals surface area contributed by atoms with Gasteiger partial charge in [0.25, 0.3) is 0 Å². The lowest BCUT2D eigenvalue weighted by molar-refractivity contribution is 0.591. The number of benzene rings is 8. The molecule has 0 amide bonds. The third-order valence-electron chi connectivity index (χ3n) is 12.0. The van der Waals surface area contributed by atoms with E-state index in [4.69, 9.17) is 0 Å². The molecule has 0 spiro atoms. The Hall–Kier alpha value is -6.64. The summed E-state index contributed by atoms with van der Waals surface area (Å²) in [6, 6.07) is 67.5. The highest BCUT2D eigenvalue weighted by molar-refractivity contribution is 6.12. The molecular formula is C56H48N2. The fraction of sp³-hybridized carbons (Fsp3) is 0.143. The molecule has 0 unspecified atom stereocenters. The molecule has 8 aromatic carbocycles. The molecule has 0 saturated heterocycles. The van der Waals surface area contributed by atoms with Gasteiger partial charge in [0.15, 0.2) is 0 Å². The molecule has 0 aliphatic heterocycles. The number of fused-ring (bicyclic) bond motifs is 6. The largest absolute Gasteiger partial charge is 0.309 e. The van der Waals surface area contributed by atoms with E-state index in [1.165, 1.54) is 88.1 Å². The van der Waals surface area contributed by atoms with Crippen LogP contribution in [0.3, 0.4) is 0 Å². The second-order valence-corrected chi connectivity index (χ2v) is 17.9. The van der Waals surface area contributed by atoms with E-state index in [9.17, 15) is 0 Å². The number of nitrogens with zero attached hydrogens (tertiary/aromatic N) is 2. The van der Waals surface area contributed by atoms with E-state index in [1.54, 1.807) is 0 Å². The first kappa shape index (κ1) is 35.8. The average molecular weight is 749 g/mol. The Kier molecular flexibility index (Phi) is 8.32. The van der Waals surface area contributed by atoms with Crippen LogP contribution in [0.25, 0.3) is 88.4 Å². The van der Waals surface area contributed by atoms with E-state index in [2.05, 4.69) is 233 Å². The van der Waals surface area contributed by atoms with Crippen molar-refractivity contribution in [1.29, 1.82) is 0 Å². The highest BCUT2D eigenvalue weighted by atomic mass is 15.0. The van der Waals surface area contributed by atoms with E-state index in [-0.39, 0.29) is 10.8 Å². The van der Waals surface area contributed by atoms with Gasteiger partial charge in [-0.05, 0) is 128 Å². The highest BCUT2D eigenvalue weighted by Gasteiger charge is 2.21.